The Hall–Kier alpha value is -3.36. The van der Waals surface area contributed by atoms with Gasteiger partial charge in [0.1, 0.15) is 0 Å². The number of nitrogens with one attached hydrogen (secondary N) is 1. The van der Waals surface area contributed by atoms with Gasteiger partial charge in [-0.15, -0.1) is 0 Å². The monoisotopic (exact) mass is 405 g/mol. The normalized spacial score (nSPS) is 14.4. The maximum absolute atomic E-state index is 13.1. The highest BCUT2D eigenvalue weighted by molar-refractivity contribution is 6.04. The third kappa shape index (κ3) is 5.13. The van der Waals surface area contributed by atoms with E-state index in [4.69, 9.17) is 0 Å². The van der Waals surface area contributed by atoms with Crippen LogP contribution in [0.5, 0.6) is 0 Å². The van der Waals surface area contributed by atoms with E-state index in [1.165, 1.54) is 30.3 Å². The van der Waals surface area contributed by atoms with Gasteiger partial charge in [-0.2, -0.15) is 13.2 Å². The number of non-ortho nitro benzene ring substituents is 1. The number of anilines is 2. The maximum Gasteiger partial charge on any atom is 0.416 e. The zero-order valence-corrected chi connectivity index (χ0v) is 15.3. The van der Waals surface area contributed by atoms with Crippen LogP contribution in [-0.4, -0.2) is 23.9 Å². The van der Waals surface area contributed by atoms with Gasteiger partial charge >= 0.3 is 6.18 Å². The number of nitro benzene ring substituents is 1. The van der Waals surface area contributed by atoms with Gasteiger partial charge in [0.2, 0.25) is 5.91 Å². The average Bonchev–Trinajstić information content (AvgIpc) is 3.20. The molecule has 0 bridgehead atoms. The highest BCUT2D eigenvalue weighted by Crippen LogP contribution is 2.36. The van der Waals surface area contributed by atoms with Crippen LogP contribution in [0.2, 0.25) is 0 Å². The molecule has 1 aliphatic rings. The quantitative estimate of drug-likeness (QED) is 0.438. The molecule has 2 aromatic carbocycles. The molecule has 1 aliphatic heterocycles. The first-order valence-electron chi connectivity index (χ1n) is 8.94. The van der Waals surface area contributed by atoms with Gasteiger partial charge in [0.25, 0.3) is 5.69 Å². The van der Waals surface area contributed by atoms with E-state index in [0.717, 1.165) is 31.1 Å². The molecule has 6 nitrogen and oxygen atoms in total. The summed E-state index contributed by atoms with van der Waals surface area (Å²) in [4.78, 5) is 24.5. The second-order valence-electron chi connectivity index (χ2n) is 6.60. The number of rotatable bonds is 5. The van der Waals surface area contributed by atoms with E-state index in [1.54, 1.807) is 6.07 Å². The van der Waals surface area contributed by atoms with Gasteiger partial charge < -0.3 is 10.2 Å². The van der Waals surface area contributed by atoms with Crippen molar-refractivity contribution in [3.8, 4) is 0 Å². The minimum atomic E-state index is -4.53. The largest absolute Gasteiger partial charge is 0.416 e. The van der Waals surface area contributed by atoms with Gasteiger partial charge in [0, 0.05) is 31.3 Å². The molecule has 1 N–H and O–H groups in total. The number of alkyl halides is 3. The molecule has 3 rings (SSSR count). The Morgan fingerprint density at radius 1 is 1.14 bits per heavy atom. The number of carbonyl (C=O) groups is 1. The van der Waals surface area contributed by atoms with Crippen molar-refractivity contribution in [1.82, 2.24) is 0 Å². The number of nitro groups is 1. The molecule has 1 saturated heterocycles. The summed E-state index contributed by atoms with van der Waals surface area (Å²) in [6, 6.07) is 8.97. The fourth-order valence-corrected chi connectivity index (χ4v) is 3.13. The fraction of sp³-hybridized carbons (Fsp3) is 0.250. The van der Waals surface area contributed by atoms with Crippen LogP contribution in [0.25, 0.3) is 6.08 Å². The summed E-state index contributed by atoms with van der Waals surface area (Å²) in [6.45, 7) is 1.41. The van der Waals surface area contributed by atoms with E-state index in [9.17, 15) is 28.1 Å². The lowest BCUT2D eigenvalue weighted by Gasteiger charge is -2.22. The molecule has 9 heteroatoms. The van der Waals surface area contributed by atoms with E-state index in [-0.39, 0.29) is 11.4 Å². The van der Waals surface area contributed by atoms with Crippen molar-refractivity contribution >= 4 is 29.0 Å². The summed E-state index contributed by atoms with van der Waals surface area (Å²) in [5.74, 6) is -0.628. The van der Waals surface area contributed by atoms with Gasteiger partial charge in [-0.25, -0.2) is 0 Å². The third-order valence-electron chi connectivity index (χ3n) is 4.54. The summed E-state index contributed by atoms with van der Waals surface area (Å²) in [5.41, 5.74) is 0.0707. The molecule has 0 saturated carbocycles. The van der Waals surface area contributed by atoms with E-state index in [2.05, 4.69) is 5.32 Å². The van der Waals surface area contributed by atoms with E-state index < -0.39 is 22.6 Å². The molecule has 2 aromatic rings. The van der Waals surface area contributed by atoms with E-state index in [0.29, 0.717) is 24.3 Å². The first-order valence-corrected chi connectivity index (χ1v) is 8.94. The van der Waals surface area contributed by atoms with Crippen LogP contribution in [0.3, 0.4) is 0 Å². The fourth-order valence-electron chi connectivity index (χ4n) is 3.13. The zero-order chi connectivity index (χ0) is 21.0. The van der Waals surface area contributed by atoms with Crippen molar-refractivity contribution in [2.24, 2.45) is 0 Å². The summed E-state index contributed by atoms with van der Waals surface area (Å²) in [6.07, 6.45) is -0.164. The third-order valence-corrected chi connectivity index (χ3v) is 4.54. The summed E-state index contributed by atoms with van der Waals surface area (Å²) >= 11 is 0. The first-order chi connectivity index (χ1) is 13.7. The van der Waals surface area contributed by atoms with Gasteiger partial charge in [-0.1, -0.05) is 12.1 Å². The Bertz CT molecular complexity index is 951. The summed E-state index contributed by atoms with van der Waals surface area (Å²) < 4.78 is 39.3. The number of halogens is 3. The highest BCUT2D eigenvalue weighted by Gasteiger charge is 2.31. The lowest BCUT2D eigenvalue weighted by Crippen LogP contribution is -2.21. The number of carbonyl (C=O) groups excluding carboxylic acids is 1. The van der Waals surface area contributed by atoms with Crippen LogP contribution in [0.4, 0.5) is 30.2 Å². The van der Waals surface area contributed by atoms with Crippen molar-refractivity contribution in [2.75, 3.05) is 23.3 Å². The predicted molar refractivity (Wildman–Crippen MR) is 104 cm³/mol. The number of benzene rings is 2. The Labute approximate surface area is 164 Å². The summed E-state index contributed by atoms with van der Waals surface area (Å²) in [5, 5.41) is 13.3. The molecule has 0 unspecified atom stereocenters. The lowest BCUT2D eigenvalue weighted by atomic mass is 10.1. The molecular weight excluding hydrogens is 387 g/mol. The van der Waals surface area contributed by atoms with E-state index >= 15 is 0 Å². The van der Waals surface area contributed by atoms with Crippen LogP contribution in [0.1, 0.15) is 24.0 Å². The maximum atomic E-state index is 13.1. The summed E-state index contributed by atoms with van der Waals surface area (Å²) in [7, 11) is 0. The number of hydrogen-bond donors (Lipinski definition) is 1. The standard InChI is InChI=1S/C20H18F3N3O3/c21-20(22,23)15-7-8-18(25-10-1-2-11-25)17(13-15)24-19(27)9-6-14-4-3-5-16(12-14)26(28)29/h3-9,12-13H,1-2,10-11H2,(H,24,27). The van der Waals surface area contributed by atoms with Crippen molar-refractivity contribution in [3.05, 3.63) is 69.8 Å². The second kappa shape index (κ2) is 8.34. The molecule has 0 aliphatic carbocycles. The minimum Gasteiger partial charge on any atom is -0.370 e. The molecule has 152 valence electrons. The minimum absolute atomic E-state index is 0.0791. The Kier molecular flexibility index (Phi) is 5.86. The van der Waals surface area contributed by atoms with Crippen molar-refractivity contribution in [2.45, 2.75) is 19.0 Å². The van der Waals surface area contributed by atoms with Crippen molar-refractivity contribution < 1.29 is 22.9 Å². The molecule has 1 heterocycles. The molecule has 1 fully saturated rings. The smallest absolute Gasteiger partial charge is 0.370 e. The van der Waals surface area contributed by atoms with Crippen molar-refractivity contribution in [1.29, 1.82) is 0 Å². The van der Waals surface area contributed by atoms with Crippen LogP contribution in [0, 0.1) is 10.1 Å². The van der Waals surface area contributed by atoms with Crippen LogP contribution < -0.4 is 10.2 Å². The van der Waals surface area contributed by atoms with Crippen LogP contribution in [0.15, 0.2) is 48.5 Å². The molecule has 1 amide bonds. The van der Waals surface area contributed by atoms with Crippen molar-refractivity contribution in [3.63, 3.8) is 0 Å². The zero-order valence-electron chi connectivity index (χ0n) is 15.3. The van der Waals surface area contributed by atoms with E-state index in [1.807, 2.05) is 4.90 Å². The highest BCUT2D eigenvalue weighted by atomic mass is 19.4. The molecule has 0 aromatic heterocycles. The Balaban J connectivity index is 1.82. The molecular formula is C20H18F3N3O3. The average molecular weight is 405 g/mol. The van der Waals surface area contributed by atoms with Gasteiger partial charge in [-0.05, 0) is 42.7 Å². The van der Waals surface area contributed by atoms with Crippen LogP contribution >= 0.6 is 0 Å². The first kappa shape index (κ1) is 20.4. The molecule has 0 spiro atoms. The molecule has 29 heavy (non-hydrogen) atoms. The number of amides is 1. The van der Waals surface area contributed by atoms with Crippen LogP contribution in [-0.2, 0) is 11.0 Å². The lowest BCUT2D eigenvalue weighted by molar-refractivity contribution is -0.384. The van der Waals surface area contributed by atoms with Gasteiger partial charge in [-0.3, -0.25) is 14.9 Å². The Morgan fingerprint density at radius 2 is 1.86 bits per heavy atom. The second-order valence-corrected chi connectivity index (χ2v) is 6.60. The topological polar surface area (TPSA) is 75.5 Å². The Morgan fingerprint density at radius 3 is 2.52 bits per heavy atom. The number of nitrogens with zero attached hydrogens (tertiary/aromatic N) is 2. The molecule has 0 radical (unpaired) electrons. The number of hydrogen-bond acceptors (Lipinski definition) is 4. The SMILES string of the molecule is O=C(C=Cc1cccc([N+](=O)[O-])c1)Nc1cc(C(F)(F)F)ccc1N1CCCC1. The predicted octanol–water partition coefficient (Wildman–Crippen LogP) is 4.87. The van der Waals surface area contributed by atoms with Gasteiger partial charge in [0.15, 0.2) is 0 Å². The molecule has 0 atom stereocenters. The van der Waals surface area contributed by atoms with Gasteiger partial charge in [0.05, 0.1) is 21.9 Å².